The summed E-state index contributed by atoms with van der Waals surface area (Å²) >= 11 is 0. The highest BCUT2D eigenvalue weighted by Gasteiger charge is 2.54. The third-order valence-electron chi connectivity index (χ3n) is 3.20. The second-order valence-corrected chi connectivity index (χ2v) is 4.72. The van der Waals surface area contributed by atoms with Gasteiger partial charge in [0.25, 0.3) is 0 Å². The highest BCUT2D eigenvalue weighted by atomic mass is 19.3. The van der Waals surface area contributed by atoms with E-state index in [0.717, 1.165) is 0 Å². The van der Waals surface area contributed by atoms with Gasteiger partial charge in [-0.1, -0.05) is 12.1 Å². The predicted octanol–water partition coefficient (Wildman–Crippen LogP) is 2.56. The number of alkyl halides is 2. The summed E-state index contributed by atoms with van der Waals surface area (Å²) in [7, 11) is 0. The molecular formula is C13H13F2NO5. The highest BCUT2D eigenvalue weighted by molar-refractivity contribution is 5.76. The number of nitro groups is 1. The lowest BCUT2D eigenvalue weighted by atomic mass is 10.1. The van der Waals surface area contributed by atoms with Crippen LogP contribution >= 0.6 is 0 Å². The standard InChI is InChI=1S/C13H13F2NO5/c1-7(20-12(17)10-6-11(10)16(18)19)8-2-4-9(5-3-8)21-13(14)15/h2-5,7,10-11,13H,6H2,1H3/t7-,10-,11+/m0/s1. The molecule has 0 heterocycles. The van der Waals surface area contributed by atoms with E-state index >= 15 is 0 Å². The SMILES string of the molecule is C[C@H](OC(=O)[C@H]1C[C@H]1[N+](=O)[O-])c1ccc(OC(F)F)cc1. The van der Waals surface area contributed by atoms with Crippen LogP contribution < -0.4 is 4.74 Å². The molecule has 0 N–H and O–H groups in total. The second kappa shape index (κ2) is 6.02. The third kappa shape index (κ3) is 3.87. The maximum absolute atomic E-state index is 12.0. The van der Waals surface area contributed by atoms with E-state index in [2.05, 4.69) is 4.74 Å². The summed E-state index contributed by atoms with van der Waals surface area (Å²) in [5.74, 6) is -1.30. The molecule has 6 nitrogen and oxygen atoms in total. The van der Waals surface area contributed by atoms with Crippen molar-refractivity contribution in [2.75, 3.05) is 0 Å². The molecule has 114 valence electrons. The number of esters is 1. The highest BCUT2D eigenvalue weighted by Crippen LogP contribution is 2.35. The molecule has 1 fully saturated rings. The minimum atomic E-state index is -2.90. The van der Waals surface area contributed by atoms with Crippen LogP contribution in [0.2, 0.25) is 0 Å². The molecule has 8 heteroatoms. The Morgan fingerprint density at radius 1 is 1.38 bits per heavy atom. The summed E-state index contributed by atoms with van der Waals surface area (Å²) in [6, 6.07) is 4.80. The summed E-state index contributed by atoms with van der Waals surface area (Å²) in [5.41, 5.74) is 0.586. The molecule has 0 spiro atoms. The van der Waals surface area contributed by atoms with Gasteiger partial charge < -0.3 is 9.47 Å². The molecule has 0 bridgehead atoms. The monoisotopic (exact) mass is 301 g/mol. The van der Waals surface area contributed by atoms with E-state index in [1.807, 2.05) is 0 Å². The molecule has 21 heavy (non-hydrogen) atoms. The van der Waals surface area contributed by atoms with Crippen LogP contribution in [-0.2, 0) is 9.53 Å². The Morgan fingerprint density at radius 2 is 2.00 bits per heavy atom. The lowest BCUT2D eigenvalue weighted by molar-refractivity contribution is -0.497. The van der Waals surface area contributed by atoms with E-state index in [-0.39, 0.29) is 12.2 Å². The summed E-state index contributed by atoms with van der Waals surface area (Å²) in [5, 5.41) is 10.5. The zero-order chi connectivity index (χ0) is 15.6. The normalized spacial score (nSPS) is 21.7. The van der Waals surface area contributed by atoms with Crippen LogP contribution in [-0.4, -0.2) is 23.5 Å². The van der Waals surface area contributed by atoms with Gasteiger partial charge in [0, 0.05) is 11.3 Å². The third-order valence-corrected chi connectivity index (χ3v) is 3.20. The number of halogens is 2. The predicted molar refractivity (Wildman–Crippen MR) is 66.5 cm³/mol. The molecule has 1 aromatic carbocycles. The summed E-state index contributed by atoms with van der Waals surface area (Å²) in [6.07, 6.45) is -0.425. The number of rotatable bonds is 6. The van der Waals surface area contributed by atoms with Crippen LogP contribution in [0.25, 0.3) is 0 Å². The van der Waals surface area contributed by atoms with E-state index in [1.165, 1.54) is 24.3 Å². The first-order valence-electron chi connectivity index (χ1n) is 6.27. The van der Waals surface area contributed by atoms with Gasteiger partial charge in [0.15, 0.2) is 0 Å². The van der Waals surface area contributed by atoms with Gasteiger partial charge in [0.2, 0.25) is 6.04 Å². The molecule has 0 saturated heterocycles. The van der Waals surface area contributed by atoms with E-state index in [0.29, 0.717) is 5.56 Å². The zero-order valence-electron chi connectivity index (χ0n) is 11.1. The number of benzene rings is 1. The zero-order valence-corrected chi connectivity index (χ0v) is 11.1. The van der Waals surface area contributed by atoms with E-state index in [1.54, 1.807) is 6.92 Å². The first-order chi connectivity index (χ1) is 9.88. The molecule has 0 aliphatic heterocycles. The molecule has 3 atom stereocenters. The Labute approximate surface area is 118 Å². The van der Waals surface area contributed by atoms with Crippen LogP contribution in [0.5, 0.6) is 5.75 Å². The van der Waals surface area contributed by atoms with Crippen LogP contribution in [0.4, 0.5) is 8.78 Å². The average molecular weight is 301 g/mol. The molecular weight excluding hydrogens is 288 g/mol. The van der Waals surface area contributed by atoms with Gasteiger partial charge in [0.05, 0.1) is 0 Å². The van der Waals surface area contributed by atoms with Crippen LogP contribution in [0, 0.1) is 16.0 Å². The van der Waals surface area contributed by atoms with Crippen molar-refractivity contribution in [3.05, 3.63) is 39.9 Å². The molecule has 1 aliphatic rings. The Bertz CT molecular complexity index is 534. The number of hydrogen-bond donors (Lipinski definition) is 0. The smallest absolute Gasteiger partial charge is 0.387 e. The minimum absolute atomic E-state index is 0.00267. The molecule has 1 aliphatic carbocycles. The number of carbonyl (C=O) groups is 1. The molecule has 1 aromatic rings. The Balaban J connectivity index is 1.90. The van der Waals surface area contributed by atoms with Crippen molar-refractivity contribution in [2.45, 2.75) is 32.1 Å². The van der Waals surface area contributed by atoms with E-state index < -0.39 is 35.6 Å². The maximum atomic E-state index is 12.0. The minimum Gasteiger partial charge on any atom is -0.457 e. The van der Waals surface area contributed by atoms with Gasteiger partial charge in [0.1, 0.15) is 17.8 Å². The average Bonchev–Trinajstić information content (AvgIpc) is 3.19. The second-order valence-electron chi connectivity index (χ2n) is 4.72. The number of hydrogen-bond acceptors (Lipinski definition) is 5. The summed E-state index contributed by atoms with van der Waals surface area (Å²) < 4.78 is 33.3. The number of ether oxygens (including phenoxy) is 2. The lowest BCUT2D eigenvalue weighted by Gasteiger charge is -2.13. The molecule has 0 amide bonds. The van der Waals surface area contributed by atoms with Crippen molar-refractivity contribution >= 4 is 5.97 Å². The molecule has 0 radical (unpaired) electrons. The van der Waals surface area contributed by atoms with E-state index in [4.69, 9.17) is 4.74 Å². The van der Waals surface area contributed by atoms with Crippen LogP contribution in [0.15, 0.2) is 24.3 Å². The Hall–Kier alpha value is -2.25. The van der Waals surface area contributed by atoms with Crippen molar-refractivity contribution in [1.82, 2.24) is 0 Å². The topological polar surface area (TPSA) is 78.7 Å². The summed E-state index contributed by atoms with van der Waals surface area (Å²) in [4.78, 5) is 21.7. The van der Waals surface area contributed by atoms with E-state index in [9.17, 15) is 23.7 Å². The maximum Gasteiger partial charge on any atom is 0.387 e. The quantitative estimate of drug-likeness (QED) is 0.458. The van der Waals surface area contributed by atoms with Crippen molar-refractivity contribution in [3.63, 3.8) is 0 Å². The van der Waals surface area contributed by atoms with Crippen LogP contribution in [0.1, 0.15) is 25.0 Å². The molecule has 0 aromatic heterocycles. The van der Waals surface area contributed by atoms with Gasteiger partial charge in [-0.15, -0.1) is 0 Å². The largest absolute Gasteiger partial charge is 0.457 e. The van der Waals surface area contributed by atoms with Crippen molar-refractivity contribution in [3.8, 4) is 5.75 Å². The van der Waals surface area contributed by atoms with Gasteiger partial charge in [-0.25, -0.2) is 0 Å². The number of nitrogens with zero attached hydrogens (tertiary/aromatic N) is 1. The molecule has 1 saturated carbocycles. The first-order valence-corrected chi connectivity index (χ1v) is 6.27. The fourth-order valence-corrected chi connectivity index (χ4v) is 1.92. The Morgan fingerprint density at radius 3 is 2.48 bits per heavy atom. The molecule has 0 unspecified atom stereocenters. The molecule has 2 rings (SSSR count). The Kier molecular flexibility index (Phi) is 4.35. The van der Waals surface area contributed by atoms with Crippen molar-refractivity contribution in [1.29, 1.82) is 0 Å². The van der Waals surface area contributed by atoms with Crippen LogP contribution in [0.3, 0.4) is 0 Å². The van der Waals surface area contributed by atoms with Crippen molar-refractivity contribution in [2.24, 2.45) is 5.92 Å². The van der Waals surface area contributed by atoms with Gasteiger partial charge in [-0.2, -0.15) is 8.78 Å². The summed E-state index contributed by atoms with van der Waals surface area (Å²) in [6.45, 7) is -1.30. The van der Waals surface area contributed by atoms with Gasteiger partial charge >= 0.3 is 12.6 Å². The first kappa shape index (κ1) is 15.1. The van der Waals surface area contributed by atoms with Crippen molar-refractivity contribution < 1.29 is 28.0 Å². The fraction of sp³-hybridized carbons (Fsp3) is 0.462. The fourth-order valence-electron chi connectivity index (χ4n) is 1.92. The number of carbonyl (C=O) groups excluding carboxylic acids is 1. The van der Waals surface area contributed by atoms with Gasteiger partial charge in [-0.3, -0.25) is 14.9 Å². The lowest BCUT2D eigenvalue weighted by Crippen LogP contribution is -2.15. The van der Waals surface area contributed by atoms with Gasteiger partial charge in [-0.05, 0) is 24.6 Å².